The number of nitrogens with one attached hydrogen (secondary N) is 2. The Labute approximate surface area is 132 Å². The minimum atomic E-state index is -0.614. The van der Waals surface area contributed by atoms with Gasteiger partial charge >= 0.3 is 5.97 Å². The van der Waals surface area contributed by atoms with Crippen molar-refractivity contribution in [2.24, 2.45) is 0 Å². The molecular weight excluding hydrogens is 312 g/mol. The second-order valence-corrected chi connectivity index (χ2v) is 5.34. The number of esters is 1. The monoisotopic (exact) mass is 326 g/mol. The molecule has 0 bridgehead atoms. The molecule has 3 N–H and O–H groups in total. The van der Waals surface area contributed by atoms with Gasteiger partial charge in [0.25, 0.3) is 0 Å². The predicted molar refractivity (Wildman–Crippen MR) is 84.1 cm³/mol. The fourth-order valence-corrected chi connectivity index (χ4v) is 2.61. The van der Waals surface area contributed by atoms with Crippen LogP contribution in [0.15, 0.2) is 29.5 Å². The van der Waals surface area contributed by atoms with Crippen LogP contribution in [-0.2, 0) is 9.53 Å². The number of carbonyl (C=O) groups is 1. The molecule has 1 unspecified atom stereocenters. The second kappa shape index (κ2) is 6.32. The van der Waals surface area contributed by atoms with Crippen molar-refractivity contribution in [1.82, 2.24) is 10.6 Å². The number of ether oxygens (including phenoxy) is 1. The summed E-state index contributed by atoms with van der Waals surface area (Å²) in [6.07, 6.45) is 0. The van der Waals surface area contributed by atoms with Crippen molar-refractivity contribution < 1.29 is 14.6 Å². The van der Waals surface area contributed by atoms with Gasteiger partial charge in [-0.15, -0.1) is 0 Å². The van der Waals surface area contributed by atoms with Gasteiger partial charge in [0.2, 0.25) is 0 Å². The first-order valence-electron chi connectivity index (χ1n) is 6.37. The van der Waals surface area contributed by atoms with Gasteiger partial charge in [0, 0.05) is 16.3 Å². The number of carbonyl (C=O) groups excluding carboxylic acids is 1. The van der Waals surface area contributed by atoms with Gasteiger partial charge in [-0.25, -0.2) is 4.79 Å². The maximum absolute atomic E-state index is 12.2. The number of aromatic hydroxyl groups is 1. The summed E-state index contributed by atoms with van der Waals surface area (Å²) < 4.78 is 5.07. The van der Waals surface area contributed by atoms with Gasteiger partial charge in [-0.1, -0.05) is 11.6 Å². The molecule has 0 spiro atoms. The van der Waals surface area contributed by atoms with Crippen LogP contribution in [-0.4, -0.2) is 22.8 Å². The van der Waals surface area contributed by atoms with E-state index in [0.29, 0.717) is 27.0 Å². The lowest BCUT2D eigenvalue weighted by Gasteiger charge is -2.30. The zero-order valence-corrected chi connectivity index (χ0v) is 13.1. The predicted octanol–water partition coefficient (Wildman–Crippen LogP) is 2.40. The molecular formula is C14H15ClN2O3S. The zero-order valence-electron chi connectivity index (χ0n) is 11.6. The van der Waals surface area contributed by atoms with Crippen molar-refractivity contribution in [3.8, 4) is 5.75 Å². The Hall–Kier alpha value is -1.79. The highest BCUT2D eigenvalue weighted by molar-refractivity contribution is 7.80. The summed E-state index contributed by atoms with van der Waals surface area (Å²) in [6.45, 7) is 3.72. The molecule has 7 heteroatoms. The number of hydrogen-bond donors (Lipinski definition) is 3. The maximum atomic E-state index is 12.2. The molecule has 0 saturated carbocycles. The standard InChI is InChI=1S/C14H15ClN2O3S/c1-3-20-13(19)11-7(2)16-14(21)17-12(11)9-6-8(15)4-5-10(9)18/h4-6,12,18H,3H2,1-2H3,(H2,16,17,21). The van der Waals surface area contributed by atoms with Crippen LogP contribution in [0, 0.1) is 0 Å². The number of benzene rings is 1. The Kier molecular flexibility index (Phi) is 4.69. The van der Waals surface area contributed by atoms with E-state index in [9.17, 15) is 9.90 Å². The average molecular weight is 327 g/mol. The fourth-order valence-electron chi connectivity index (χ4n) is 2.16. The Morgan fingerprint density at radius 2 is 2.24 bits per heavy atom. The highest BCUT2D eigenvalue weighted by atomic mass is 35.5. The summed E-state index contributed by atoms with van der Waals surface area (Å²) in [6, 6.07) is 4.02. The molecule has 0 aromatic heterocycles. The van der Waals surface area contributed by atoms with E-state index in [4.69, 9.17) is 28.6 Å². The van der Waals surface area contributed by atoms with Crippen LogP contribution in [0.25, 0.3) is 0 Å². The lowest BCUT2D eigenvalue weighted by atomic mass is 9.95. The Balaban J connectivity index is 2.52. The van der Waals surface area contributed by atoms with Crippen LogP contribution >= 0.6 is 23.8 Å². The quantitative estimate of drug-likeness (QED) is 0.585. The van der Waals surface area contributed by atoms with Crippen LogP contribution < -0.4 is 10.6 Å². The van der Waals surface area contributed by atoms with E-state index in [1.165, 1.54) is 6.07 Å². The van der Waals surface area contributed by atoms with Crippen molar-refractivity contribution in [3.05, 3.63) is 40.1 Å². The molecule has 0 amide bonds. The molecule has 1 aliphatic rings. The Morgan fingerprint density at radius 1 is 1.52 bits per heavy atom. The van der Waals surface area contributed by atoms with Crippen LogP contribution in [0.3, 0.4) is 0 Å². The zero-order chi connectivity index (χ0) is 15.6. The number of halogens is 1. The summed E-state index contributed by atoms with van der Waals surface area (Å²) >= 11 is 11.1. The molecule has 0 radical (unpaired) electrons. The minimum absolute atomic E-state index is 0.0243. The molecule has 2 rings (SSSR count). The summed E-state index contributed by atoms with van der Waals surface area (Å²) in [4.78, 5) is 12.2. The Bertz CT molecular complexity index is 631. The van der Waals surface area contributed by atoms with E-state index in [2.05, 4.69) is 10.6 Å². The van der Waals surface area contributed by atoms with E-state index in [1.54, 1.807) is 26.0 Å². The van der Waals surface area contributed by atoms with Crippen molar-refractivity contribution in [2.75, 3.05) is 6.61 Å². The van der Waals surface area contributed by atoms with E-state index >= 15 is 0 Å². The van der Waals surface area contributed by atoms with Crippen LogP contribution in [0.1, 0.15) is 25.5 Å². The number of allylic oxidation sites excluding steroid dienone is 1. The number of phenols is 1. The largest absolute Gasteiger partial charge is 0.508 e. The van der Waals surface area contributed by atoms with Crippen molar-refractivity contribution in [1.29, 1.82) is 0 Å². The lowest BCUT2D eigenvalue weighted by molar-refractivity contribution is -0.139. The van der Waals surface area contributed by atoms with Crippen molar-refractivity contribution in [2.45, 2.75) is 19.9 Å². The van der Waals surface area contributed by atoms with Gasteiger partial charge in [-0.2, -0.15) is 0 Å². The van der Waals surface area contributed by atoms with Gasteiger partial charge in [-0.3, -0.25) is 0 Å². The second-order valence-electron chi connectivity index (χ2n) is 4.49. The van der Waals surface area contributed by atoms with E-state index in [1.807, 2.05) is 0 Å². The SMILES string of the molecule is CCOC(=O)C1=C(C)NC(=S)NC1c1cc(Cl)ccc1O. The highest BCUT2D eigenvalue weighted by Crippen LogP contribution is 2.34. The molecule has 1 aromatic carbocycles. The van der Waals surface area contributed by atoms with Gasteiger partial charge in [0.1, 0.15) is 5.75 Å². The van der Waals surface area contributed by atoms with Crippen molar-refractivity contribution >= 4 is 34.9 Å². The molecule has 0 aliphatic carbocycles. The maximum Gasteiger partial charge on any atom is 0.338 e. The molecule has 1 atom stereocenters. The van der Waals surface area contributed by atoms with E-state index in [-0.39, 0.29) is 12.4 Å². The highest BCUT2D eigenvalue weighted by Gasteiger charge is 2.32. The van der Waals surface area contributed by atoms with Gasteiger partial charge in [0.15, 0.2) is 5.11 Å². The van der Waals surface area contributed by atoms with Gasteiger partial charge in [-0.05, 0) is 44.3 Å². The molecule has 0 fully saturated rings. The number of rotatable bonds is 3. The minimum Gasteiger partial charge on any atom is -0.508 e. The lowest BCUT2D eigenvalue weighted by Crippen LogP contribution is -2.45. The normalized spacial score (nSPS) is 18.0. The fraction of sp³-hybridized carbons (Fsp3) is 0.286. The van der Waals surface area contributed by atoms with Crippen LogP contribution in [0.2, 0.25) is 5.02 Å². The van der Waals surface area contributed by atoms with Crippen LogP contribution in [0.5, 0.6) is 5.75 Å². The van der Waals surface area contributed by atoms with Gasteiger partial charge < -0.3 is 20.5 Å². The van der Waals surface area contributed by atoms with E-state index in [0.717, 1.165) is 0 Å². The molecule has 1 heterocycles. The summed E-state index contributed by atoms with van der Waals surface area (Å²) in [5.74, 6) is -0.446. The Morgan fingerprint density at radius 3 is 2.90 bits per heavy atom. The third-order valence-electron chi connectivity index (χ3n) is 3.07. The first kappa shape index (κ1) is 15.6. The first-order chi connectivity index (χ1) is 9.93. The summed E-state index contributed by atoms with van der Waals surface area (Å²) in [5.41, 5.74) is 1.42. The summed E-state index contributed by atoms with van der Waals surface area (Å²) in [7, 11) is 0. The van der Waals surface area contributed by atoms with Crippen LogP contribution in [0.4, 0.5) is 0 Å². The molecule has 21 heavy (non-hydrogen) atoms. The number of hydrogen-bond acceptors (Lipinski definition) is 4. The topological polar surface area (TPSA) is 70.6 Å². The molecule has 112 valence electrons. The molecule has 0 saturated heterocycles. The number of phenolic OH excluding ortho intramolecular Hbond substituents is 1. The average Bonchev–Trinajstić information content (AvgIpc) is 2.40. The van der Waals surface area contributed by atoms with Crippen molar-refractivity contribution in [3.63, 3.8) is 0 Å². The molecule has 1 aromatic rings. The number of thiocarbonyl (C=S) groups is 1. The third-order valence-corrected chi connectivity index (χ3v) is 3.52. The molecule has 5 nitrogen and oxygen atoms in total. The third kappa shape index (κ3) is 3.28. The smallest absolute Gasteiger partial charge is 0.338 e. The summed E-state index contributed by atoms with van der Waals surface area (Å²) in [5, 5.41) is 16.7. The molecule has 1 aliphatic heterocycles. The first-order valence-corrected chi connectivity index (χ1v) is 7.16. The van der Waals surface area contributed by atoms with E-state index < -0.39 is 12.0 Å². The van der Waals surface area contributed by atoms with Gasteiger partial charge in [0.05, 0.1) is 18.2 Å².